The van der Waals surface area contributed by atoms with Crippen LogP contribution >= 0.6 is 0 Å². The molecule has 0 aliphatic carbocycles. The minimum atomic E-state index is -0.879. The van der Waals surface area contributed by atoms with E-state index < -0.39 is 30.4 Å². The summed E-state index contributed by atoms with van der Waals surface area (Å²) in [4.78, 5) is 12.8. The van der Waals surface area contributed by atoms with Gasteiger partial charge >= 0.3 is 5.97 Å². The summed E-state index contributed by atoms with van der Waals surface area (Å²) in [5, 5.41) is 0. The first-order chi connectivity index (χ1) is 15.7. The van der Waals surface area contributed by atoms with Gasteiger partial charge in [0.1, 0.15) is 18.3 Å². The Morgan fingerprint density at radius 1 is 0.625 bits per heavy atom. The van der Waals surface area contributed by atoms with Gasteiger partial charge in [-0.15, -0.1) is 0 Å². The molecule has 0 bridgehead atoms. The Bertz CT molecular complexity index is 961. The van der Waals surface area contributed by atoms with Gasteiger partial charge in [0.25, 0.3) is 0 Å². The zero-order valence-electron chi connectivity index (χ0n) is 18.1. The van der Waals surface area contributed by atoms with Crippen molar-refractivity contribution < 1.29 is 23.7 Å². The van der Waals surface area contributed by atoms with Gasteiger partial charge in [-0.25, -0.2) is 4.79 Å². The topological polar surface area (TPSA) is 54.0 Å². The fourth-order valence-corrected chi connectivity index (χ4v) is 3.76. The quantitative estimate of drug-likeness (QED) is 0.459. The molecule has 0 spiro atoms. The van der Waals surface area contributed by atoms with Crippen LogP contribution in [0.15, 0.2) is 91.0 Å². The van der Waals surface area contributed by atoms with Gasteiger partial charge < -0.3 is 18.9 Å². The van der Waals surface area contributed by atoms with Crippen molar-refractivity contribution in [3.8, 4) is 0 Å². The number of hydrogen-bond acceptors (Lipinski definition) is 5. The molecule has 1 aliphatic heterocycles. The fraction of sp³-hybridized carbons (Fsp3) is 0.296. The van der Waals surface area contributed by atoms with Crippen LogP contribution in [0.5, 0.6) is 0 Å². The maximum absolute atomic E-state index is 12.8. The first kappa shape index (κ1) is 22.2. The van der Waals surface area contributed by atoms with Crippen molar-refractivity contribution in [2.75, 3.05) is 0 Å². The van der Waals surface area contributed by atoms with E-state index in [-0.39, 0.29) is 6.61 Å². The van der Waals surface area contributed by atoms with Gasteiger partial charge in [-0.3, -0.25) is 0 Å². The molecule has 166 valence electrons. The summed E-state index contributed by atoms with van der Waals surface area (Å²) in [7, 11) is 0. The van der Waals surface area contributed by atoms with Crippen LogP contribution < -0.4 is 0 Å². The molecule has 1 aliphatic rings. The molecule has 3 aromatic carbocycles. The van der Waals surface area contributed by atoms with Gasteiger partial charge in [-0.2, -0.15) is 0 Å². The SMILES string of the molecule is CC1OC(=O)[C@H](OCc2ccccc2)[C@@H](OCc2ccccc2)[C@@H]1OCc1ccccc1. The van der Waals surface area contributed by atoms with Crippen molar-refractivity contribution >= 4 is 5.97 Å². The van der Waals surface area contributed by atoms with Crippen LogP contribution in [0, 0.1) is 0 Å². The summed E-state index contributed by atoms with van der Waals surface area (Å²) in [6.07, 6.45) is -2.39. The minimum Gasteiger partial charge on any atom is -0.458 e. The monoisotopic (exact) mass is 432 g/mol. The lowest BCUT2D eigenvalue weighted by Gasteiger charge is -2.40. The van der Waals surface area contributed by atoms with Crippen molar-refractivity contribution in [3.63, 3.8) is 0 Å². The highest BCUT2D eigenvalue weighted by molar-refractivity contribution is 5.77. The van der Waals surface area contributed by atoms with E-state index in [1.165, 1.54) is 0 Å². The number of esters is 1. The number of carbonyl (C=O) groups excluding carboxylic acids is 1. The Morgan fingerprint density at radius 2 is 1.03 bits per heavy atom. The van der Waals surface area contributed by atoms with E-state index in [0.717, 1.165) is 16.7 Å². The molecule has 0 N–H and O–H groups in total. The first-order valence-corrected chi connectivity index (χ1v) is 10.9. The predicted octanol–water partition coefficient (Wildman–Crippen LogP) is 4.69. The second-order valence-electron chi connectivity index (χ2n) is 7.88. The van der Waals surface area contributed by atoms with E-state index in [1.807, 2.05) is 97.9 Å². The Labute approximate surface area is 188 Å². The molecular formula is C27H28O5. The van der Waals surface area contributed by atoms with Crippen LogP contribution in [0.3, 0.4) is 0 Å². The number of cyclic esters (lactones) is 1. The van der Waals surface area contributed by atoms with Gasteiger partial charge in [0.15, 0.2) is 6.10 Å². The van der Waals surface area contributed by atoms with Crippen LogP contribution in [0.1, 0.15) is 23.6 Å². The average molecular weight is 433 g/mol. The highest BCUT2D eigenvalue weighted by Gasteiger charge is 2.47. The van der Waals surface area contributed by atoms with E-state index in [0.29, 0.717) is 13.2 Å². The number of hydrogen-bond donors (Lipinski definition) is 0. The fourth-order valence-electron chi connectivity index (χ4n) is 3.76. The molecule has 4 rings (SSSR count). The maximum Gasteiger partial charge on any atom is 0.338 e. The van der Waals surface area contributed by atoms with Crippen LogP contribution in [0.25, 0.3) is 0 Å². The number of rotatable bonds is 9. The smallest absolute Gasteiger partial charge is 0.338 e. The van der Waals surface area contributed by atoms with E-state index in [9.17, 15) is 4.79 Å². The molecule has 1 unspecified atom stereocenters. The van der Waals surface area contributed by atoms with E-state index in [1.54, 1.807) is 0 Å². The summed E-state index contributed by atoms with van der Waals surface area (Å²) >= 11 is 0. The normalized spacial score (nSPS) is 23.0. The molecule has 5 heteroatoms. The average Bonchev–Trinajstić information content (AvgIpc) is 2.83. The summed E-state index contributed by atoms with van der Waals surface area (Å²) in [6.45, 7) is 2.86. The van der Waals surface area contributed by atoms with E-state index in [2.05, 4.69) is 0 Å². The highest BCUT2D eigenvalue weighted by atomic mass is 16.6. The standard InChI is InChI=1S/C27H28O5/c1-20-24(29-17-21-11-5-2-6-12-21)25(30-18-22-13-7-3-8-14-22)26(27(28)32-20)31-19-23-15-9-4-10-16-23/h2-16,20,24-26H,17-19H2,1H3/t20?,24-,25+,26-/m1/s1. The molecule has 1 heterocycles. The van der Waals surface area contributed by atoms with Crippen molar-refractivity contribution in [2.24, 2.45) is 0 Å². The van der Waals surface area contributed by atoms with Crippen molar-refractivity contribution in [2.45, 2.75) is 51.2 Å². The van der Waals surface area contributed by atoms with E-state index >= 15 is 0 Å². The van der Waals surface area contributed by atoms with Gasteiger partial charge in [-0.1, -0.05) is 91.0 Å². The minimum absolute atomic E-state index is 0.283. The van der Waals surface area contributed by atoms with Gasteiger partial charge in [-0.05, 0) is 23.6 Å². The molecule has 0 radical (unpaired) electrons. The molecule has 1 saturated heterocycles. The zero-order chi connectivity index (χ0) is 22.2. The number of ether oxygens (including phenoxy) is 4. The van der Waals surface area contributed by atoms with Crippen molar-refractivity contribution in [1.29, 1.82) is 0 Å². The number of benzene rings is 3. The first-order valence-electron chi connectivity index (χ1n) is 10.9. The van der Waals surface area contributed by atoms with Crippen molar-refractivity contribution in [3.05, 3.63) is 108 Å². The van der Waals surface area contributed by atoms with Crippen LogP contribution in [0.4, 0.5) is 0 Å². The van der Waals surface area contributed by atoms with Gasteiger partial charge in [0.05, 0.1) is 19.8 Å². The summed E-state index contributed by atoms with van der Waals surface area (Å²) in [5.74, 6) is -0.425. The third kappa shape index (κ3) is 5.82. The third-order valence-corrected chi connectivity index (χ3v) is 5.46. The summed E-state index contributed by atoms with van der Waals surface area (Å²) < 4.78 is 24.1. The second-order valence-corrected chi connectivity index (χ2v) is 7.88. The lowest BCUT2D eigenvalue weighted by atomic mass is 9.99. The zero-order valence-corrected chi connectivity index (χ0v) is 18.1. The number of carbonyl (C=O) groups is 1. The van der Waals surface area contributed by atoms with Crippen LogP contribution in [-0.4, -0.2) is 30.4 Å². The Kier molecular flexibility index (Phi) is 7.67. The lowest BCUT2D eigenvalue weighted by molar-refractivity contribution is -0.230. The molecule has 4 atom stereocenters. The van der Waals surface area contributed by atoms with Gasteiger partial charge in [0.2, 0.25) is 0 Å². The molecule has 5 nitrogen and oxygen atoms in total. The Balaban J connectivity index is 1.51. The molecule has 0 aromatic heterocycles. The molecule has 32 heavy (non-hydrogen) atoms. The molecule has 0 amide bonds. The predicted molar refractivity (Wildman–Crippen MR) is 121 cm³/mol. The maximum atomic E-state index is 12.8. The highest BCUT2D eigenvalue weighted by Crippen LogP contribution is 2.27. The van der Waals surface area contributed by atoms with Crippen LogP contribution in [-0.2, 0) is 43.6 Å². The third-order valence-electron chi connectivity index (χ3n) is 5.46. The molecule has 0 saturated carbocycles. The van der Waals surface area contributed by atoms with Crippen molar-refractivity contribution in [1.82, 2.24) is 0 Å². The molecular weight excluding hydrogens is 404 g/mol. The Hall–Kier alpha value is -2.99. The summed E-state index contributed by atoms with van der Waals surface area (Å²) in [5.41, 5.74) is 3.03. The van der Waals surface area contributed by atoms with E-state index in [4.69, 9.17) is 18.9 Å². The van der Waals surface area contributed by atoms with Crippen LogP contribution in [0.2, 0.25) is 0 Å². The lowest BCUT2D eigenvalue weighted by Crippen LogP contribution is -2.57. The van der Waals surface area contributed by atoms with Gasteiger partial charge in [0, 0.05) is 0 Å². The molecule has 1 fully saturated rings. The molecule has 3 aromatic rings. The Morgan fingerprint density at radius 3 is 1.50 bits per heavy atom. The second kappa shape index (κ2) is 11.0. The summed E-state index contributed by atoms with van der Waals surface area (Å²) in [6, 6.07) is 29.5. The largest absolute Gasteiger partial charge is 0.458 e.